The van der Waals surface area contributed by atoms with Gasteiger partial charge in [0.2, 0.25) is 0 Å². The molecule has 0 aromatic heterocycles. The number of benzene rings is 2. The van der Waals surface area contributed by atoms with Gasteiger partial charge >= 0.3 is 0 Å². The average Bonchev–Trinajstić information content (AvgIpc) is 2.79. The first-order valence-electron chi connectivity index (χ1n) is 7.47. The molecule has 138 valence electrons. The van der Waals surface area contributed by atoms with Gasteiger partial charge in [-0.05, 0) is 16.7 Å². The summed E-state index contributed by atoms with van der Waals surface area (Å²) in [5.41, 5.74) is 5.96. The molecule has 3 rings (SSSR count). The number of hydrogen-bond acceptors (Lipinski definition) is 5. The molecule has 7 nitrogen and oxygen atoms in total. The number of amides is 1. The fourth-order valence-electron chi connectivity index (χ4n) is 2.96. The van der Waals surface area contributed by atoms with Gasteiger partial charge in [-0.15, -0.1) is 12.4 Å². The summed E-state index contributed by atoms with van der Waals surface area (Å²) in [6, 6.07) is 15.4. The van der Waals surface area contributed by atoms with Gasteiger partial charge in [-0.25, -0.2) is 4.99 Å². The van der Waals surface area contributed by atoms with Gasteiger partial charge in [0, 0.05) is 7.05 Å². The third-order valence-electron chi connectivity index (χ3n) is 4.13. The monoisotopic (exact) mass is 395 g/mol. The number of aliphatic imine (C=N–C) groups is 1. The van der Waals surface area contributed by atoms with Crippen molar-refractivity contribution in [3.8, 4) is 0 Å². The van der Waals surface area contributed by atoms with Gasteiger partial charge in [-0.1, -0.05) is 54.6 Å². The van der Waals surface area contributed by atoms with Crippen LogP contribution in [0.3, 0.4) is 0 Å². The Hall–Kier alpha value is -2.42. The maximum absolute atomic E-state index is 13.0. The van der Waals surface area contributed by atoms with Gasteiger partial charge in [-0.2, -0.15) is 8.42 Å². The standard InChI is InChI=1S/C17H17N3O4S.ClH/c1-20-15(21)17(19-16(20)18,13-7-3-2-4-8-13)14-9-5-6-12(10-14)11-25(22,23)24;/h2-10H,11H2,1H3,(H2,18,19)(H,22,23,24);1H. The molecular weight excluding hydrogens is 378 g/mol. The highest BCUT2D eigenvalue weighted by atomic mass is 35.5. The van der Waals surface area contributed by atoms with Crippen molar-refractivity contribution in [2.75, 3.05) is 7.05 Å². The van der Waals surface area contributed by atoms with Crippen molar-refractivity contribution in [2.45, 2.75) is 11.3 Å². The van der Waals surface area contributed by atoms with Crippen LogP contribution in [0.4, 0.5) is 0 Å². The van der Waals surface area contributed by atoms with Crippen LogP contribution in [0.25, 0.3) is 0 Å². The highest BCUT2D eigenvalue weighted by Crippen LogP contribution is 2.39. The van der Waals surface area contributed by atoms with Gasteiger partial charge < -0.3 is 5.73 Å². The van der Waals surface area contributed by atoms with Crippen molar-refractivity contribution in [3.05, 3.63) is 71.3 Å². The Morgan fingerprint density at radius 3 is 2.27 bits per heavy atom. The number of guanidine groups is 1. The molecule has 0 radical (unpaired) electrons. The van der Waals surface area contributed by atoms with Crippen molar-refractivity contribution in [1.29, 1.82) is 0 Å². The number of likely N-dealkylation sites (N-methyl/N-ethyl adjacent to an activating group) is 1. The molecule has 2 aromatic carbocycles. The molecule has 1 amide bonds. The number of nitrogens with two attached hydrogens (primary N) is 1. The summed E-state index contributed by atoms with van der Waals surface area (Å²) in [6.45, 7) is 0. The van der Waals surface area contributed by atoms with E-state index in [9.17, 15) is 13.2 Å². The SMILES string of the molecule is CN1C(=O)C(c2ccccc2)(c2cccc(CS(=O)(=O)O)c2)N=C1N.Cl. The predicted molar refractivity (Wildman–Crippen MR) is 101 cm³/mol. The Morgan fingerprint density at radius 2 is 1.73 bits per heavy atom. The van der Waals surface area contributed by atoms with E-state index in [-0.39, 0.29) is 24.3 Å². The molecule has 3 N–H and O–H groups in total. The summed E-state index contributed by atoms with van der Waals surface area (Å²) in [5, 5.41) is 0. The maximum Gasteiger partial charge on any atom is 0.269 e. The molecule has 1 aliphatic rings. The fraction of sp³-hybridized carbons (Fsp3) is 0.176. The van der Waals surface area contributed by atoms with Crippen LogP contribution in [0.15, 0.2) is 59.6 Å². The smallest absolute Gasteiger partial charge is 0.269 e. The van der Waals surface area contributed by atoms with Crippen LogP contribution in [0.2, 0.25) is 0 Å². The zero-order valence-electron chi connectivity index (χ0n) is 13.9. The van der Waals surface area contributed by atoms with Crippen LogP contribution in [-0.2, 0) is 26.2 Å². The predicted octanol–water partition coefficient (Wildman–Crippen LogP) is 1.53. The lowest BCUT2D eigenvalue weighted by molar-refractivity contribution is -0.129. The van der Waals surface area contributed by atoms with Crippen molar-refractivity contribution in [1.82, 2.24) is 4.90 Å². The number of carbonyl (C=O) groups excluding carboxylic acids is 1. The van der Waals surface area contributed by atoms with E-state index in [2.05, 4.69) is 4.99 Å². The van der Waals surface area contributed by atoms with E-state index in [0.29, 0.717) is 16.7 Å². The second-order valence-electron chi connectivity index (χ2n) is 5.84. The normalized spacial score (nSPS) is 19.8. The van der Waals surface area contributed by atoms with Crippen LogP contribution in [-0.4, -0.2) is 36.8 Å². The van der Waals surface area contributed by atoms with E-state index in [4.69, 9.17) is 10.3 Å². The van der Waals surface area contributed by atoms with Crippen molar-refractivity contribution in [2.24, 2.45) is 10.7 Å². The number of halogens is 1. The van der Waals surface area contributed by atoms with Crippen LogP contribution in [0.1, 0.15) is 16.7 Å². The average molecular weight is 396 g/mol. The lowest BCUT2D eigenvalue weighted by Crippen LogP contribution is -2.41. The Bertz CT molecular complexity index is 963. The number of nitrogens with zero attached hydrogens (tertiary/aromatic N) is 2. The topological polar surface area (TPSA) is 113 Å². The van der Waals surface area contributed by atoms with Gasteiger partial charge in [0.15, 0.2) is 11.5 Å². The summed E-state index contributed by atoms with van der Waals surface area (Å²) in [7, 11) is -2.66. The molecule has 0 aliphatic carbocycles. The molecule has 0 bridgehead atoms. The molecule has 2 aromatic rings. The number of carbonyl (C=O) groups is 1. The highest BCUT2D eigenvalue weighted by Gasteiger charge is 2.49. The molecule has 1 atom stereocenters. The van der Waals surface area contributed by atoms with Crippen molar-refractivity contribution in [3.63, 3.8) is 0 Å². The third-order valence-corrected chi connectivity index (χ3v) is 4.82. The zero-order chi connectivity index (χ0) is 18.2. The van der Waals surface area contributed by atoms with Crippen LogP contribution < -0.4 is 5.73 Å². The molecule has 1 unspecified atom stereocenters. The molecule has 26 heavy (non-hydrogen) atoms. The first-order chi connectivity index (χ1) is 11.7. The lowest BCUT2D eigenvalue weighted by atomic mass is 9.82. The Balaban J connectivity index is 0.00000243. The first-order valence-corrected chi connectivity index (χ1v) is 9.08. The molecule has 0 saturated carbocycles. The Kier molecular flexibility index (Phi) is 5.41. The molecule has 0 fully saturated rings. The maximum atomic E-state index is 13.0. The van der Waals surface area contributed by atoms with E-state index < -0.39 is 21.4 Å². The van der Waals surface area contributed by atoms with Crippen LogP contribution in [0, 0.1) is 0 Å². The molecule has 1 aliphatic heterocycles. The van der Waals surface area contributed by atoms with E-state index in [0.717, 1.165) is 0 Å². The summed E-state index contributed by atoms with van der Waals surface area (Å²) in [5.74, 6) is -0.802. The first kappa shape index (κ1) is 19.9. The van der Waals surface area contributed by atoms with Gasteiger partial charge in [0.05, 0.1) is 0 Å². The number of rotatable bonds is 4. The highest BCUT2D eigenvalue weighted by molar-refractivity contribution is 7.85. The molecule has 1 heterocycles. The third kappa shape index (κ3) is 3.44. The largest absolute Gasteiger partial charge is 0.369 e. The minimum Gasteiger partial charge on any atom is -0.369 e. The van der Waals surface area contributed by atoms with Gasteiger partial charge in [0.1, 0.15) is 5.75 Å². The van der Waals surface area contributed by atoms with E-state index >= 15 is 0 Å². The van der Waals surface area contributed by atoms with Gasteiger partial charge in [-0.3, -0.25) is 14.2 Å². The molecule has 9 heteroatoms. The minimum atomic E-state index is -4.19. The minimum absolute atomic E-state index is 0. The fourth-order valence-corrected chi connectivity index (χ4v) is 3.56. The quantitative estimate of drug-likeness (QED) is 0.762. The van der Waals surface area contributed by atoms with E-state index in [1.165, 1.54) is 11.9 Å². The number of hydrogen-bond donors (Lipinski definition) is 2. The summed E-state index contributed by atoms with van der Waals surface area (Å²) in [4.78, 5) is 18.7. The van der Waals surface area contributed by atoms with Gasteiger partial charge in [0.25, 0.3) is 16.0 Å². The Labute approximate surface area is 157 Å². The molecule has 0 saturated heterocycles. The van der Waals surface area contributed by atoms with E-state index in [1.807, 2.05) is 6.07 Å². The summed E-state index contributed by atoms with van der Waals surface area (Å²) < 4.78 is 31.5. The van der Waals surface area contributed by atoms with Crippen LogP contribution >= 0.6 is 12.4 Å². The second-order valence-corrected chi connectivity index (χ2v) is 7.29. The Morgan fingerprint density at radius 1 is 1.12 bits per heavy atom. The van der Waals surface area contributed by atoms with Crippen LogP contribution in [0.5, 0.6) is 0 Å². The zero-order valence-corrected chi connectivity index (χ0v) is 15.5. The second kappa shape index (κ2) is 7.06. The molecular formula is C17H18ClN3O4S. The summed E-state index contributed by atoms with van der Waals surface area (Å²) >= 11 is 0. The van der Waals surface area contributed by atoms with Crippen molar-refractivity contribution < 1.29 is 17.8 Å². The van der Waals surface area contributed by atoms with Crippen molar-refractivity contribution >= 4 is 34.4 Å². The lowest BCUT2D eigenvalue weighted by Gasteiger charge is -2.26. The molecule has 0 spiro atoms. The van der Waals surface area contributed by atoms with E-state index in [1.54, 1.807) is 48.5 Å². The summed E-state index contributed by atoms with van der Waals surface area (Å²) in [6.07, 6.45) is 0.